The minimum absolute atomic E-state index is 0.0374. The third kappa shape index (κ3) is 6.83. The number of aromatic nitrogens is 2. The molecule has 1 aromatic carbocycles. The van der Waals surface area contributed by atoms with Crippen molar-refractivity contribution in [1.82, 2.24) is 19.8 Å². The largest absolute Gasteiger partial charge is 0.459 e. The molecule has 0 amide bonds. The zero-order chi connectivity index (χ0) is 27.4. The molecule has 2 bridgehead atoms. The van der Waals surface area contributed by atoms with Gasteiger partial charge in [-0.2, -0.15) is 0 Å². The van der Waals surface area contributed by atoms with Crippen LogP contribution in [0.4, 0.5) is 5.82 Å². The predicted molar refractivity (Wildman–Crippen MR) is 156 cm³/mol. The second-order valence-electron chi connectivity index (χ2n) is 12.8. The Morgan fingerprint density at radius 3 is 2.28 bits per heavy atom. The highest BCUT2D eigenvalue weighted by molar-refractivity contribution is 5.76. The van der Waals surface area contributed by atoms with Crippen LogP contribution in [-0.4, -0.2) is 63.8 Å². The van der Waals surface area contributed by atoms with E-state index in [0.717, 1.165) is 29.9 Å². The molecule has 1 aromatic heterocycles. The van der Waals surface area contributed by atoms with E-state index in [1.807, 2.05) is 49.6 Å². The number of carbonyl (C=O) groups is 1. The van der Waals surface area contributed by atoms with Gasteiger partial charge >= 0.3 is 5.97 Å². The maximum atomic E-state index is 13.8. The lowest BCUT2D eigenvalue weighted by Crippen LogP contribution is -2.50. The Morgan fingerprint density at radius 1 is 0.923 bits per heavy atom. The summed E-state index contributed by atoms with van der Waals surface area (Å²) in [5.74, 6) is 0.108. The van der Waals surface area contributed by atoms with Crippen LogP contribution >= 0.6 is 0 Å². The molecule has 3 atom stereocenters. The normalized spacial score (nSPS) is 24.8. The fourth-order valence-corrected chi connectivity index (χ4v) is 7.19. The van der Waals surface area contributed by atoms with Gasteiger partial charge in [0.25, 0.3) is 5.56 Å². The molecule has 0 unspecified atom stereocenters. The van der Waals surface area contributed by atoms with E-state index in [1.54, 1.807) is 0 Å². The predicted octanol–water partition coefficient (Wildman–Crippen LogP) is 5.02. The molecular weight excluding hydrogens is 490 g/mol. The van der Waals surface area contributed by atoms with Crippen LogP contribution < -0.4 is 16.2 Å². The first-order valence-corrected chi connectivity index (χ1v) is 15.3. The summed E-state index contributed by atoms with van der Waals surface area (Å²) < 4.78 is 7.38. The van der Waals surface area contributed by atoms with Gasteiger partial charge in [0.2, 0.25) is 0 Å². The maximum Gasteiger partial charge on any atom is 0.320 e. The number of nitrogens with zero attached hydrogens (tertiary/aromatic N) is 3. The molecule has 1 aliphatic carbocycles. The van der Waals surface area contributed by atoms with E-state index in [9.17, 15) is 9.59 Å². The molecule has 5 rings (SSSR count). The fourth-order valence-electron chi connectivity index (χ4n) is 7.19. The van der Waals surface area contributed by atoms with Gasteiger partial charge in [-0.1, -0.05) is 44.2 Å². The average Bonchev–Trinajstić information content (AvgIpc) is 3.11. The molecule has 8 heteroatoms. The molecule has 214 valence electrons. The molecule has 2 N–H and O–H groups in total. The van der Waals surface area contributed by atoms with Gasteiger partial charge in [0, 0.05) is 37.3 Å². The molecular formula is C31H47N5O3. The summed E-state index contributed by atoms with van der Waals surface area (Å²) in [5, 5.41) is 6.35. The van der Waals surface area contributed by atoms with E-state index in [2.05, 4.69) is 15.5 Å². The van der Waals surface area contributed by atoms with Crippen LogP contribution in [0.5, 0.6) is 0 Å². The number of nitrogens with one attached hydrogen (secondary N) is 2. The topological polar surface area (TPSA) is 88.5 Å². The van der Waals surface area contributed by atoms with Crippen molar-refractivity contribution in [1.29, 1.82) is 0 Å². The number of para-hydroxylation sites is 2. The van der Waals surface area contributed by atoms with E-state index in [4.69, 9.17) is 9.72 Å². The summed E-state index contributed by atoms with van der Waals surface area (Å²) in [5.41, 5.74) is 1.24. The molecule has 2 aliphatic heterocycles. The lowest BCUT2D eigenvalue weighted by molar-refractivity contribution is -0.153. The molecule has 3 aliphatic rings. The zero-order valence-electron chi connectivity index (χ0n) is 24.1. The smallest absolute Gasteiger partial charge is 0.320 e. The van der Waals surface area contributed by atoms with Crippen LogP contribution in [-0.2, 0) is 9.53 Å². The Bertz CT molecular complexity index is 1170. The highest BCUT2D eigenvalue weighted by atomic mass is 16.6. The van der Waals surface area contributed by atoms with Gasteiger partial charge in [0.05, 0.1) is 17.6 Å². The third-order valence-electron chi connectivity index (χ3n) is 8.70. The van der Waals surface area contributed by atoms with Crippen molar-refractivity contribution in [3.63, 3.8) is 0 Å². The summed E-state index contributed by atoms with van der Waals surface area (Å²) in [6.45, 7) is 6.73. The molecule has 2 aromatic rings. The van der Waals surface area contributed by atoms with E-state index >= 15 is 0 Å². The van der Waals surface area contributed by atoms with Crippen molar-refractivity contribution < 1.29 is 9.53 Å². The Morgan fingerprint density at radius 2 is 1.59 bits per heavy atom. The van der Waals surface area contributed by atoms with Crippen molar-refractivity contribution in [2.75, 3.05) is 25.0 Å². The fraction of sp³-hybridized carbons (Fsp3) is 0.710. The number of hydrogen-bond donors (Lipinski definition) is 2. The quantitative estimate of drug-likeness (QED) is 0.361. The van der Waals surface area contributed by atoms with Crippen LogP contribution in [0.25, 0.3) is 11.0 Å². The van der Waals surface area contributed by atoms with Crippen LogP contribution in [0.2, 0.25) is 0 Å². The molecule has 2 saturated heterocycles. The summed E-state index contributed by atoms with van der Waals surface area (Å²) in [7, 11) is 0. The van der Waals surface area contributed by atoms with Crippen molar-refractivity contribution in [3.05, 3.63) is 34.6 Å². The number of fused-ring (bicyclic) bond motifs is 3. The van der Waals surface area contributed by atoms with Gasteiger partial charge in [-0.3, -0.25) is 14.5 Å². The van der Waals surface area contributed by atoms with Crippen molar-refractivity contribution in [3.8, 4) is 0 Å². The Balaban J connectivity index is 1.28. The van der Waals surface area contributed by atoms with Crippen molar-refractivity contribution in [2.45, 2.75) is 121 Å². The Hall–Kier alpha value is -2.45. The highest BCUT2D eigenvalue weighted by Gasteiger charge is 2.44. The summed E-state index contributed by atoms with van der Waals surface area (Å²) in [6.07, 6.45) is 14.1. The number of ether oxygens (including phenoxy) is 1. The molecule has 39 heavy (non-hydrogen) atoms. The first kappa shape index (κ1) is 28.1. The Labute approximate surface area is 232 Å². The highest BCUT2D eigenvalue weighted by Crippen LogP contribution is 2.44. The lowest BCUT2D eigenvalue weighted by atomic mass is 9.89. The monoisotopic (exact) mass is 537 g/mol. The van der Waals surface area contributed by atoms with Crippen LogP contribution in [0.15, 0.2) is 29.1 Å². The van der Waals surface area contributed by atoms with Gasteiger partial charge in [0.15, 0.2) is 5.82 Å². The zero-order valence-corrected chi connectivity index (χ0v) is 24.1. The van der Waals surface area contributed by atoms with Gasteiger partial charge in [0.1, 0.15) is 5.60 Å². The number of rotatable bonds is 8. The Kier molecular flexibility index (Phi) is 8.92. The average molecular weight is 538 g/mol. The van der Waals surface area contributed by atoms with E-state index < -0.39 is 5.60 Å². The van der Waals surface area contributed by atoms with Crippen molar-refractivity contribution >= 4 is 22.8 Å². The number of piperidine rings is 1. The second-order valence-corrected chi connectivity index (χ2v) is 12.8. The molecule has 0 spiro atoms. The minimum Gasteiger partial charge on any atom is -0.459 e. The number of esters is 1. The minimum atomic E-state index is -0.498. The molecule has 1 saturated carbocycles. The SMILES string of the molecule is CC(C)(C)OC(=O)CNCCNc1nc2ccccc2n([C@H]2C[C@H]3CC[C@@H](C2)N3C2CCCCCCC2)c1=O. The van der Waals surface area contributed by atoms with Gasteiger partial charge in [-0.15, -0.1) is 0 Å². The first-order chi connectivity index (χ1) is 18.8. The first-order valence-electron chi connectivity index (χ1n) is 15.3. The summed E-state index contributed by atoms with van der Waals surface area (Å²) in [6, 6.07) is 10.1. The second kappa shape index (κ2) is 12.4. The number of hydrogen-bond acceptors (Lipinski definition) is 7. The van der Waals surface area contributed by atoms with Gasteiger partial charge < -0.3 is 19.9 Å². The molecule has 0 radical (unpaired) electrons. The van der Waals surface area contributed by atoms with Crippen molar-refractivity contribution in [2.24, 2.45) is 0 Å². The summed E-state index contributed by atoms with van der Waals surface area (Å²) in [4.78, 5) is 33.4. The number of anilines is 1. The van der Waals surface area contributed by atoms with E-state index in [-0.39, 0.29) is 24.1 Å². The van der Waals surface area contributed by atoms with E-state index in [0.29, 0.717) is 31.0 Å². The van der Waals surface area contributed by atoms with Crippen LogP contribution in [0.3, 0.4) is 0 Å². The molecule has 3 fully saturated rings. The lowest BCUT2D eigenvalue weighted by Gasteiger charge is -2.45. The maximum absolute atomic E-state index is 13.8. The number of carbonyl (C=O) groups excluding carboxylic acids is 1. The molecule has 8 nitrogen and oxygen atoms in total. The standard InChI is InChI=1S/C31H47N5O3/c1-31(2,3)39-28(37)21-32-17-18-33-29-30(38)36(27-14-10-9-13-26(27)34-29)25-19-23-15-16-24(20-25)35(23)22-11-7-5-4-6-8-12-22/h9-10,13-14,22-25,32H,4-8,11-12,15-21H2,1-3H3,(H,33,34)/t23-,24+,25+. The van der Waals surface area contributed by atoms with Gasteiger partial charge in [-0.25, -0.2) is 4.98 Å². The van der Waals surface area contributed by atoms with E-state index in [1.165, 1.54) is 57.8 Å². The van der Waals surface area contributed by atoms with Gasteiger partial charge in [-0.05, 0) is 71.4 Å². The third-order valence-corrected chi connectivity index (χ3v) is 8.70. The number of benzene rings is 1. The summed E-state index contributed by atoms with van der Waals surface area (Å²) >= 11 is 0. The molecule has 3 heterocycles. The van der Waals surface area contributed by atoms with Crippen LogP contribution in [0, 0.1) is 0 Å². The van der Waals surface area contributed by atoms with Crippen LogP contribution in [0.1, 0.15) is 97.4 Å².